The monoisotopic (exact) mass is 451 g/mol. The molecule has 0 aromatic heterocycles. The smallest absolute Gasteiger partial charge is 0.343 e. The zero-order valence-electron chi connectivity index (χ0n) is 19.8. The Bertz CT molecular complexity index is 771. The van der Waals surface area contributed by atoms with Crippen molar-refractivity contribution in [2.45, 2.75) is 88.3 Å². The van der Waals surface area contributed by atoms with Crippen molar-refractivity contribution in [3.63, 3.8) is 0 Å². The minimum Gasteiger partial charge on any atom is -0.497 e. The molecule has 2 fully saturated rings. The molecule has 0 bridgehead atoms. The third-order valence-electron chi connectivity index (χ3n) is 7.70. The second kappa shape index (κ2) is 8.83. The molecule has 174 valence electrons. The maximum Gasteiger partial charge on any atom is 0.343 e. The highest BCUT2D eigenvalue weighted by Gasteiger charge is 2.55. The van der Waals surface area contributed by atoms with Crippen LogP contribution in [0.1, 0.15) is 57.9 Å². The Kier molecular flexibility index (Phi) is 6.89. The quantitative estimate of drug-likeness (QED) is 0.601. The average Bonchev–Trinajstić information content (AvgIpc) is 3.06. The maximum absolute atomic E-state index is 15.7. The van der Waals surface area contributed by atoms with Crippen LogP contribution in [0.5, 0.6) is 5.75 Å². The maximum atomic E-state index is 15.7. The second-order valence-corrected chi connectivity index (χ2v) is 15.5. The van der Waals surface area contributed by atoms with Crippen LogP contribution in [-0.4, -0.2) is 62.3 Å². The van der Waals surface area contributed by atoms with Crippen molar-refractivity contribution < 1.29 is 23.5 Å². The summed E-state index contributed by atoms with van der Waals surface area (Å²) in [5, 5.41) is 9.91. The first kappa shape index (κ1) is 24.2. The number of carboxylic acid groups (broad SMARTS) is 1. The van der Waals surface area contributed by atoms with Gasteiger partial charge in [-0.2, -0.15) is 0 Å². The number of halogens is 1. The summed E-state index contributed by atoms with van der Waals surface area (Å²) in [6.45, 7) is 11.7. The molecule has 1 heterocycles. The Morgan fingerprint density at radius 2 is 1.74 bits per heavy atom. The number of rotatable bonds is 6. The molecule has 1 N–H and O–H groups in total. The minimum absolute atomic E-state index is 0.0581. The largest absolute Gasteiger partial charge is 0.497 e. The zero-order valence-corrected chi connectivity index (χ0v) is 20.8. The lowest BCUT2D eigenvalue weighted by molar-refractivity contribution is -0.151. The predicted octanol–water partition coefficient (Wildman–Crippen LogP) is 5.22. The third-order valence-corrected chi connectivity index (χ3v) is 12.2. The van der Waals surface area contributed by atoms with Crippen LogP contribution in [0.4, 0.5) is 4.39 Å². The van der Waals surface area contributed by atoms with Gasteiger partial charge in [-0.25, -0.2) is 9.18 Å². The van der Waals surface area contributed by atoms with Gasteiger partial charge in [0, 0.05) is 31.2 Å². The molecule has 0 unspecified atom stereocenters. The van der Waals surface area contributed by atoms with Crippen LogP contribution in [-0.2, 0) is 9.22 Å². The molecule has 2 aliphatic rings. The van der Waals surface area contributed by atoms with Crippen LogP contribution < -0.4 is 4.74 Å². The molecule has 1 saturated carbocycles. The lowest BCUT2D eigenvalue weighted by Gasteiger charge is -2.42. The summed E-state index contributed by atoms with van der Waals surface area (Å²) in [5.74, 6) is -1.37. The van der Waals surface area contributed by atoms with Crippen molar-refractivity contribution in [1.29, 1.82) is 0 Å². The van der Waals surface area contributed by atoms with E-state index in [0.717, 1.165) is 25.7 Å². The first-order chi connectivity index (χ1) is 14.4. The van der Waals surface area contributed by atoms with Crippen LogP contribution in [0, 0.1) is 0 Å². The number of methoxy groups -OCH3 is 1. The first-order valence-electron chi connectivity index (χ1n) is 11.4. The standard InChI is InChI=1S/C24H38FNO4Si/c1-23(2,3)31(5,6)30-20-13-9-18(10-14-20)26-15-21(24(25,16-26)22(27)28)17-7-11-19(29-4)12-8-17/h7-8,11-12,18,20-21H,9-10,13-16H2,1-6H3,(H,27,28)/t18-,20+,21-,24-/m0/s1. The fourth-order valence-electron chi connectivity index (χ4n) is 4.67. The van der Waals surface area contributed by atoms with Crippen LogP contribution in [0.3, 0.4) is 0 Å². The number of alkyl halides is 1. The van der Waals surface area contributed by atoms with E-state index in [4.69, 9.17) is 9.16 Å². The van der Waals surface area contributed by atoms with Gasteiger partial charge in [0.1, 0.15) is 5.75 Å². The Morgan fingerprint density at radius 1 is 1.16 bits per heavy atom. The molecule has 5 nitrogen and oxygen atoms in total. The second-order valence-electron chi connectivity index (χ2n) is 10.7. The molecule has 0 amide bonds. The Hall–Kier alpha value is -1.44. The average molecular weight is 452 g/mol. The number of ether oxygens (including phenoxy) is 1. The van der Waals surface area contributed by atoms with E-state index in [1.165, 1.54) is 0 Å². The van der Waals surface area contributed by atoms with E-state index >= 15 is 4.39 Å². The Morgan fingerprint density at radius 3 is 2.23 bits per heavy atom. The highest BCUT2D eigenvalue weighted by molar-refractivity contribution is 6.74. The predicted molar refractivity (Wildman–Crippen MR) is 123 cm³/mol. The number of nitrogens with zero attached hydrogens (tertiary/aromatic N) is 1. The number of carboxylic acids is 1. The molecule has 1 aromatic rings. The fraction of sp³-hybridized carbons (Fsp3) is 0.708. The van der Waals surface area contributed by atoms with Gasteiger partial charge in [0.25, 0.3) is 0 Å². The summed E-state index contributed by atoms with van der Waals surface area (Å²) in [4.78, 5) is 14.0. The molecule has 31 heavy (non-hydrogen) atoms. The van der Waals surface area contributed by atoms with Gasteiger partial charge in [-0.1, -0.05) is 32.9 Å². The van der Waals surface area contributed by atoms with Gasteiger partial charge in [-0.15, -0.1) is 0 Å². The van der Waals surface area contributed by atoms with Crippen LogP contribution in [0.2, 0.25) is 18.1 Å². The van der Waals surface area contributed by atoms with Crippen molar-refractivity contribution in [3.05, 3.63) is 29.8 Å². The van der Waals surface area contributed by atoms with Crippen molar-refractivity contribution in [1.82, 2.24) is 4.90 Å². The molecule has 1 saturated heterocycles. The van der Waals surface area contributed by atoms with Gasteiger partial charge >= 0.3 is 5.97 Å². The number of hydrogen-bond acceptors (Lipinski definition) is 4. The first-order valence-corrected chi connectivity index (χ1v) is 14.3. The molecule has 3 rings (SSSR count). The Balaban J connectivity index is 1.67. The minimum atomic E-state index is -2.27. The molecule has 1 aliphatic carbocycles. The van der Waals surface area contributed by atoms with Crippen molar-refractivity contribution >= 4 is 14.3 Å². The van der Waals surface area contributed by atoms with E-state index in [-0.39, 0.29) is 23.7 Å². The van der Waals surface area contributed by atoms with E-state index in [9.17, 15) is 9.90 Å². The number of hydrogen-bond donors (Lipinski definition) is 1. The van der Waals surface area contributed by atoms with E-state index in [2.05, 4.69) is 38.8 Å². The fourth-order valence-corrected chi connectivity index (χ4v) is 6.09. The SMILES string of the molecule is COc1ccc([C@@H]2CN([C@H]3CC[C@@H](O[Si](C)(C)C(C)(C)C)CC3)C[C@@]2(F)C(=O)O)cc1. The van der Waals surface area contributed by atoms with Gasteiger partial charge in [-0.05, 0) is 61.5 Å². The van der Waals surface area contributed by atoms with Crippen molar-refractivity contribution in [3.8, 4) is 5.75 Å². The van der Waals surface area contributed by atoms with Crippen molar-refractivity contribution in [2.75, 3.05) is 20.2 Å². The van der Waals surface area contributed by atoms with E-state index < -0.39 is 25.9 Å². The lowest BCUT2D eigenvalue weighted by atomic mass is 9.86. The normalized spacial score (nSPS) is 30.4. The molecule has 2 atom stereocenters. The van der Waals surface area contributed by atoms with E-state index in [1.807, 2.05) is 0 Å². The van der Waals surface area contributed by atoms with Crippen LogP contribution in [0.25, 0.3) is 0 Å². The highest BCUT2D eigenvalue weighted by Crippen LogP contribution is 2.43. The van der Waals surface area contributed by atoms with Crippen molar-refractivity contribution in [2.24, 2.45) is 0 Å². The summed E-state index contributed by atoms with van der Waals surface area (Å²) in [6.07, 6.45) is 4.00. The lowest BCUT2D eigenvalue weighted by Crippen LogP contribution is -2.47. The summed E-state index contributed by atoms with van der Waals surface area (Å²) in [7, 11) is -0.231. The summed E-state index contributed by atoms with van der Waals surface area (Å²) in [6, 6.07) is 7.31. The molecule has 1 aliphatic heterocycles. The summed E-state index contributed by atoms with van der Waals surface area (Å²) in [5.41, 5.74) is -1.56. The van der Waals surface area contributed by atoms with Gasteiger partial charge < -0.3 is 14.3 Å². The van der Waals surface area contributed by atoms with E-state index in [1.54, 1.807) is 31.4 Å². The molecule has 7 heteroatoms. The zero-order chi connectivity index (χ0) is 23.0. The van der Waals surface area contributed by atoms with Crippen LogP contribution in [0.15, 0.2) is 24.3 Å². The van der Waals surface area contributed by atoms with Gasteiger partial charge in [-0.3, -0.25) is 4.90 Å². The van der Waals surface area contributed by atoms with Gasteiger partial charge in [0.05, 0.1) is 7.11 Å². The number of carbonyl (C=O) groups is 1. The molecular weight excluding hydrogens is 413 g/mol. The third kappa shape index (κ3) is 4.99. The molecule has 0 spiro atoms. The molecular formula is C24H38FNO4Si. The highest BCUT2D eigenvalue weighted by atomic mass is 28.4. The van der Waals surface area contributed by atoms with Gasteiger partial charge in [0.2, 0.25) is 5.67 Å². The number of aliphatic carboxylic acids is 1. The van der Waals surface area contributed by atoms with Crippen LogP contribution >= 0.6 is 0 Å². The number of likely N-dealkylation sites (tertiary alicyclic amines) is 1. The summed E-state index contributed by atoms with van der Waals surface area (Å²) >= 11 is 0. The molecule has 0 radical (unpaired) electrons. The molecule has 1 aromatic carbocycles. The van der Waals surface area contributed by atoms with Gasteiger partial charge in [0.15, 0.2) is 8.32 Å². The Labute approximate surface area is 187 Å². The summed E-state index contributed by atoms with van der Waals surface area (Å²) < 4.78 is 27.5. The topological polar surface area (TPSA) is 59.0 Å². The number of benzene rings is 1. The van der Waals surface area contributed by atoms with E-state index in [0.29, 0.717) is 17.9 Å².